The minimum Gasteiger partial charge on any atom is -0.321 e. The molecule has 0 saturated carbocycles. The van der Waals surface area contributed by atoms with E-state index in [-0.39, 0.29) is 5.56 Å². The molecule has 0 amide bonds. The summed E-state index contributed by atoms with van der Waals surface area (Å²) in [5.74, 6) is 0.744. The Morgan fingerprint density at radius 1 is 1.03 bits per heavy atom. The number of fused-ring (bicyclic) bond motifs is 1. The van der Waals surface area contributed by atoms with E-state index in [0.717, 1.165) is 37.9 Å². The highest BCUT2D eigenvalue weighted by atomic mass is 79.9. The Labute approximate surface area is 208 Å². The van der Waals surface area contributed by atoms with Crippen LogP contribution in [-0.2, 0) is 6.54 Å². The summed E-state index contributed by atoms with van der Waals surface area (Å²) < 4.78 is 2.95. The summed E-state index contributed by atoms with van der Waals surface area (Å²) in [4.78, 5) is 16.8. The summed E-state index contributed by atoms with van der Waals surface area (Å²) in [6, 6.07) is 23.3. The molecular weight excluding hydrogens is 520 g/mol. The zero-order valence-corrected chi connectivity index (χ0v) is 20.7. The SMILES string of the molecule is CCn1c(Sc2c(-c3ccccc3)c3cc(Cl)ccc3[nH]c2=O)nnc1-c1ccccc1Br. The normalized spacial score (nSPS) is 11.2. The van der Waals surface area contributed by atoms with Gasteiger partial charge < -0.3 is 9.55 Å². The number of rotatable bonds is 5. The van der Waals surface area contributed by atoms with E-state index in [1.807, 2.05) is 78.2 Å². The topological polar surface area (TPSA) is 63.6 Å². The van der Waals surface area contributed by atoms with Crippen LogP contribution in [0.1, 0.15) is 6.92 Å². The number of aromatic amines is 1. The van der Waals surface area contributed by atoms with Gasteiger partial charge in [0.15, 0.2) is 11.0 Å². The van der Waals surface area contributed by atoms with Crippen molar-refractivity contribution >= 4 is 50.2 Å². The van der Waals surface area contributed by atoms with Gasteiger partial charge in [-0.15, -0.1) is 10.2 Å². The number of benzene rings is 3. The first-order chi connectivity index (χ1) is 16.1. The van der Waals surface area contributed by atoms with Crippen molar-refractivity contribution in [2.24, 2.45) is 0 Å². The molecule has 164 valence electrons. The largest absolute Gasteiger partial charge is 0.321 e. The van der Waals surface area contributed by atoms with Gasteiger partial charge in [-0.2, -0.15) is 0 Å². The predicted molar refractivity (Wildman–Crippen MR) is 138 cm³/mol. The summed E-state index contributed by atoms with van der Waals surface area (Å²) >= 11 is 11.3. The Hall–Kier alpha value is -2.87. The molecule has 1 N–H and O–H groups in total. The molecule has 0 aliphatic heterocycles. The lowest BCUT2D eigenvalue weighted by molar-refractivity contribution is 0.687. The van der Waals surface area contributed by atoms with Crippen LogP contribution in [0.3, 0.4) is 0 Å². The first kappa shape index (κ1) is 21.9. The summed E-state index contributed by atoms with van der Waals surface area (Å²) in [6.07, 6.45) is 0. The number of H-pyrrole nitrogens is 1. The number of hydrogen-bond acceptors (Lipinski definition) is 4. The van der Waals surface area contributed by atoms with Crippen molar-refractivity contribution in [3.05, 3.63) is 92.6 Å². The quantitative estimate of drug-likeness (QED) is 0.261. The van der Waals surface area contributed by atoms with Gasteiger partial charge in [-0.05, 0) is 48.5 Å². The van der Waals surface area contributed by atoms with Crippen LogP contribution in [0.5, 0.6) is 0 Å². The second kappa shape index (κ2) is 9.17. The van der Waals surface area contributed by atoms with Crippen LogP contribution in [0.25, 0.3) is 33.4 Å². The maximum Gasteiger partial charge on any atom is 0.263 e. The Morgan fingerprint density at radius 2 is 1.79 bits per heavy atom. The lowest BCUT2D eigenvalue weighted by Crippen LogP contribution is -2.11. The van der Waals surface area contributed by atoms with Crippen molar-refractivity contribution in [2.45, 2.75) is 23.5 Å². The molecule has 0 radical (unpaired) electrons. The molecule has 0 unspecified atom stereocenters. The standard InChI is InChI=1S/C25H18BrClN4OS/c1-2-31-23(17-10-6-7-11-19(17)26)29-30-25(31)33-22-21(15-8-4-3-5-9-15)18-14-16(27)12-13-20(18)28-24(22)32/h3-14H,2H2,1H3,(H,28,32). The molecule has 3 aromatic carbocycles. The van der Waals surface area contributed by atoms with Crippen LogP contribution < -0.4 is 5.56 Å². The van der Waals surface area contributed by atoms with Crippen molar-refractivity contribution in [3.63, 3.8) is 0 Å². The number of aromatic nitrogens is 4. The molecule has 0 aliphatic carbocycles. The van der Waals surface area contributed by atoms with E-state index in [1.165, 1.54) is 11.8 Å². The molecule has 0 saturated heterocycles. The molecule has 0 bridgehead atoms. The third-order valence-corrected chi connectivity index (χ3v) is 7.34. The lowest BCUT2D eigenvalue weighted by atomic mass is 10.0. The number of nitrogens with zero attached hydrogens (tertiary/aromatic N) is 3. The van der Waals surface area contributed by atoms with Crippen molar-refractivity contribution in [1.82, 2.24) is 19.7 Å². The average molecular weight is 538 g/mol. The fourth-order valence-corrected chi connectivity index (χ4v) is 5.52. The van der Waals surface area contributed by atoms with E-state index < -0.39 is 0 Å². The van der Waals surface area contributed by atoms with Gasteiger partial charge in [0, 0.05) is 38.1 Å². The fourth-order valence-electron chi connectivity index (χ4n) is 3.82. The Morgan fingerprint density at radius 3 is 2.55 bits per heavy atom. The molecule has 0 fully saturated rings. The summed E-state index contributed by atoms with van der Waals surface area (Å²) in [5.41, 5.74) is 3.27. The van der Waals surface area contributed by atoms with Gasteiger partial charge in [0.1, 0.15) is 0 Å². The zero-order valence-electron chi connectivity index (χ0n) is 17.5. The molecule has 0 spiro atoms. The van der Waals surface area contributed by atoms with Gasteiger partial charge in [0.05, 0.1) is 4.90 Å². The van der Waals surface area contributed by atoms with Crippen molar-refractivity contribution in [2.75, 3.05) is 0 Å². The Kier molecular flexibility index (Phi) is 6.10. The Bertz CT molecular complexity index is 1530. The van der Waals surface area contributed by atoms with Crippen molar-refractivity contribution in [3.8, 4) is 22.5 Å². The van der Waals surface area contributed by atoms with Crippen LogP contribution in [0.2, 0.25) is 5.02 Å². The van der Waals surface area contributed by atoms with Crippen LogP contribution in [0.4, 0.5) is 0 Å². The molecule has 5 nitrogen and oxygen atoms in total. The van der Waals surface area contributed by atoms with E-state index in [4.69, 9.17) is 11.6 Å². The Balaban J connectivity index is 1.72. The summed E-state index contributed by atoms with van der Waals surface area (Å²) in [5, 5.41) is 11.0. The van der Waals surface area contributed by atoms with Gasteiger partial charge >= 0.3 is 0 Å². The van der Waals surface area contributed by atoms with Crippen LogP contribution >= 0.6 is 39.3 Å². The fraction of sp³-hybridized carbons (Fsp3) is 0.0800. The maximum atomic E-state index is 13.3. The molecule has 2 heterocycles. The van der Waals surface area contributed by atoms with E-state index in [2.05, 4.69) is 31.1 Å². The highest BCUT2D eigenvalue weighted by Crippen LogP contribution is 2.39. The maximum absolute atomic E-state index is 13.3. The second-order valence-electron chi connectivity index (χ2n) is 7.35. The van der Waals surface area contributed by atoms with E-state index in [1.54, 1.807) is 6.07 Å². The first-order valence-electron chi connectivity index (χ1n) is 10.3. The smallest absolute Gasteiger partial charge is 0.263 e. The average Bonchev–Trinajstić information content (AvgIpc) is 3.23. The van der Waals surface area contributed by atoms with Gasteiger partial charge in [-0.3, -0.25) is 4.79 Å². The minimum absolute atomic E-state index is 0.179. The predicted octanol–water partition coefficient (Wildman–Crippen LogP) is 7.04. The number of halogens is 2. The molecule has 0 atom stereocenters. The van der Waals surface area contributed by atoms with Gasteiger partial charge in [-0.1, -0.05) is 76.1 Å². The molecule has 5 rings (SSSR count). The van der Waals surface area contributed by atoms with E-state index in [9.17, 15) is 4.79 Å². The molecule has 8 heteroatoms. The molecule has 5 aromatic rings. The highest BCUT2D eigenvalue weighted by molar-refractivity contribution is 9.10. The molecular formula is C25H18BrClN4OS. The van der Waals surface area contributed by atoms with Gasteiger partial charge in [0.25, 0.3) is 5.56 Å². The molecule has 33 heavy (non-hydrogen) atoms. The van der Waals surface area contributed by atoms with Crippen LogP contribution in [0.15, 0.2) is 92.1 Å². The lowest BCUT2D eigenvalue weighted by Gasteiger charge is -2.13. The third kappa shape index (κ3) is 4.12. The van der Waals surface area contributed by atoms with Gasteiger partial charge in [-0.25, -0.2) is 0 Å². The zero-order chi connectivity index (χ0) is 22.9. The number of nitrogens with one attached hydrogen (secondary N) is 1. The van der Waals surface area contributed by atoms with Gasteiger partial charge in [0.2, 0.25) is 0 Å². The monoisotopic (exact) mass is 536 g/mol. The molecule has 0 aliphatic rings. The highest BCUT2D eigenvalue weighted by Gasteiger charge is 2.21. The van der Waals surface area contributed by atoms with Crippen molar-refractivity contribution in [1.29, 1.82) is 0 Å². The first-order valence-corrected chi connectivity index (χ1v) is 12.3. The third-order valence-electron chi connectivity index (χ3n) is 5.34. The summed E-state index contributed by atoms with van der Waals surface area (Å²) in [6.45, 7) is 2.69. The van der Waals surface area contributed by atoms with E-state index >= 15 is 0 Å². The number of hydrogen-bond donors (Lipinski definition) is 1. The second-order valence-corrected chi connectivity index (χ2v) is 9.61. The number of pyridine rings is 1. The molecule has 2 aromatic heterocycles. The van der Waals surface area contributed by atoms with Crippen molar-refractivity contribution < 1.29 is 0 Å². The van der Waals surface area contributed by atoms with E-state index in [0.29, 0.717) is 21.6 Å². The minimum atomic E-state index is -0.179. The van der Waals surface area contributed by atoms with Crippen LogP contribution in [-0.4, -0.2) is 19.7 Å². The summed E-state index contributed by atoms with van der Waals surface area (Å²) in [7, 11) is 0. The van der Waals surface area contributed by atoms with Crippen LogP contribution in [0, 0.1) is 0 Å².